The summed E-state index contributed by atoms with van der Waals surface area (Å²) >= 11 is 0. The fraction of sp³-hybridized carbons (Fsp3) is 0.393. The lowest BCUT2D eigenvalue weighted by Gasteiger charge is -2.47. The van der Waals surface area contributed by atoms with Gasteiger partial charge in [0.25, 0.3) is 5.91 Å². The van der Waals surface area contributed by atoms with Crippen LogP contribution in [0, 0.1) is 13.8 Å². The van der Waals surface area contributed by atoms with E-state index in [1.165, 1.54) is 0 Å². The number of anilines is 1. The van der Waals surface area contributed by atoms with Crippen LogP contribution in [-0.2, 0) is 4.79 Å². The molecule has 2 aromatic carbocycles. The number of para-hydroxylation sites is 2. The Hall–Kier alpha value is -3.21. The van der Waals surface area contributed by atoms with E-state index in [4.69, 9.17) is 0 Å². The van der Waals surface area contributed by atoms with Crippen molar-refractivity contribution in [3.8, 4) is 0 Å². The zero-order valence-electron chi connectivity index (χ0n) is 20.0. The highest BCUT2D eigenvalue weighted by molar-refractivity contribution is 6.04. The molecule has 0 bridgehead atoms. The molecule has 4 rings (SSSR count). The molecule has 0 spiro atoms. The van der Waals surface area contributed by atoms with E-state index in [1.54, 1.807) is 11.0 Å². The average molecular weight is 444 g/mol. The summed E-state index contributed by atoms with van der Waals surface area (Å²) in [5.74, 6) is -0.281. The maximum atomic E-state index is 14.0. The van der Waals surface area contributed by atoms with Crippen molar-refractivity contribution in [2.75, 3.05) is 5.32 Å². The van der Waals surface area contributed by atoms with Crippen molar-refractivity contribution < 1.29 is 9.59 Å². The molecule has 172 valence electrons. The molecule has 33 heavy (non-hydrogen) atoms. The number of rotatable bonds is 5. The highest BCUT2D eigenvalue weighted by Gasteiger charge is 2.48. The summed E-state index contributed by atoms with van der Waals surface area (Å²) in [4.78, 5) is 34.3. The number of carbonyl (C=O) groups excluding carboxylic acids is 2. The normalized spacial score (nSPS) is 15.4. The number of amides is 2. The van der Waals surface area contributed by atoms with E-state index >= 15 is 0 Å². The van der Waals surface area contributed by atoms with Gasteiger partial charge in [0, 0.05) is 17.1 Å². The summed E-state index contributed by atoms with van der Waals surface area (Å²) in [5.41, 5.74) is 3.15. The van der Waals surface area contributed by atoms with Crippen LogP contribution >= 0.6 is 0 Å². The molecule has 1 aliphatic carbocycles. The Morgan fingerprint density at radius 2 is 1.58 bits per heavy atom. The molecule has 0 unspecified atom stereocenters. The number of benzene rings is 2. The van der Waals surface area contributed by atoms with Gasteiger partial charge in [0.2, 0.25) is 5.91 Å². The van der Waals surface area contributed by atoms with Crippen LogP contribution in [0.5, 0.6) is 0 Å². The van der Waals surface area contributed by atoms with Gasteiger partial charge in [-0.25, -0.2) is 4.98 Å². The average Bonchev–Trinajstić information content (AvgIpc) is 2.81. The minimum atomic E-state index is -0.897. The van der Waals surface area contributed by atoms with Crippen molar-refractivity contribution in [1.82, 2.24) is 9.88 Å². The number of aromatic nitrogens is 1. The monoisotopic (exact) mass is 443 g/mol. The van der Waals surface area contributed by atoms with E-state index in [-0.39, 0.29) is 17.9 Å². The molecule has 0 radical (unpaired) electrons. The van der Waals surface area contributed by atoms with E-state index in [1.807, 2.05) is 76.2 Å². The number of pyridine rings is 1. The predicted molar refractivity (Wildman–Crippen MR) is 133 cm³/mol. The van der Waals surface area contributed by atoms with Gasteiger partial charge in [0.05, 0.1) is 5.52 Å². The fourth-order valence-corrected chi connectivity index (χ4v) is 5.19. The highest BCUT2D eigenvalue weighted by Crippen LogP contribution is 2.38. The molecule has 1 aliphatic rings. The number of carbonyl (C=O) groups is 2. The van der Waals surface area contributed by atoms with Gasteiger partial charge in [-0.1, -0.05) is 61.7 Å². The van der Waals surface area contributed by atoms with Crippen LogP contribution in [0.25, 0.3) is 10.9 Å². The van der Waals surface area contributed by atoms with Crippen LogP contribution in [0.1, 0.15) is 67.6 Å². The van der Waals surface area contributed by atoms with Crippen LogP contribution in [0.4, 0.5) is 5.69 Å². The van der Waals surface area contributed by atoms with Gasteiger partial charge in [-0.05, 0) is 63.8 Å². The van der Waals surface area contributed by atoms with Gasteiger partial charge in [0.1, 0.15) is 11.2 Å². The second kappa shape index (κ2) is 9.34. The zero-order valence-corrected chi connectivity index (χ0v) is 20.0. The SMILES string of the molecule is Cc1cccc(C)c1NC(=O)C1(N(C(=O)c2ccc3ccccc3n2)C(C)C)CCCCC1. The van der Waals surface area contributed by atoms with Gasteiger partial charge in [-0.2, -0.15) is 0 Å². The molecule has 1 heterocycles. The molecule has 0 atom stereocenters. The Morgan fingerprint density at radius 1 is 0.909 bits per heavy atom. The molecule has 2 amide bonds. The Bertz CT molecular complexity index is 1160. The first-order valence-corrected chi connectivity index (χ1v) is 11.9. The number of nitrogens with one attached hydrogen (secondary N) is 1. The highest BCUT2D eigenvalue weighted by atomic mass is 16.2. The second-order valence-corrected chi connectivity index (χ2v) is 9.47. The maximum Gasteiger partial charge on any atom is 0.273 e. The molecule has 5 heteroatoms. The second-order valence-electron chi connectivity index (χ2n) is 9.47. The summed E-state index contributed by atoms with van der Waals surface area (Å²) in [6, 6.07) is 17.3. The third kappa shape index (κ3) is 4.37. The molecule has 0 saturated heterocycles. The van der Waals surface area contributed by atoms with Gasteiger partial charge in [0.15, 0.2) is 0 Å². The summed E-state index contributed by atoms with van der Waals surface area (Å²) < 4.78 is 0. The number of fused-ring (bicyclic) bond motifs is 1. The standard InChI is InChI=1S/C28H33N3O2/c1-19(2)31(26(32)24-16-15-22-13-6-7-14-23(22)29-24)28(17-8-5-9-18-28)27(33)30-25-20(3)11-10-12-21(25)4/h6-7,10-16,19H,5,8-9,17-18H2,1-4H3,(H,30,33). The molecular weight excluding hydrogens is 410 g/mol. The van der Waals surface area contributed by atoms with Gasteiger partial charge < -0.3 is 10.2 Å². The lowest BCUT2D eigenvalue weighted by atomic mass is 9.78. The predicted octanol–water partition coefficient (Wildman–Crippen LogP) is 6.04. The number of hydrogen-bond acceptors (Lipinski definition) is 3. The van der Waals surface area contributed by atoms with Crippen molar-refractivity contribution in [3.05, 3.63) is 71.4 Å². The third-order valence-electron chi connectivity index (χ3n) is 6.84. The fourth-order valence-electron chi connectivity index (χ4n) is 5.19. The maximum absolute atomic E-state index is 14.0. The minimum absolute atomic E-state index is 0.0950. The number of nitrogens with zero attached hydrogens (tertiary/aromatic N) is 2. The van der Waals surface area contributed by atoms with Gasteiger partial charge >= 0.3 is 0 Å². The van der Waals surface area contributed by atoms with Crippen molar-refractivity contribution in [2.45, 2.75) is 71.4 Å². The summed E-state index contributed by atoms with van der Waals surface area (Å²) in [6.45, 7) is 7.98. The Labute approximate surface area is 196 Å². The van der Waals surface area contributed by atoms with Crippen molar-refractivity contribution in [1.29, 1.82) is 0 Å². The minimum Gasteiger partial charge on any atom is -0.324 e. The smallest absolute Gasteiger partial charge is 0.273 e. The van der Waals surface area contributed by atoms with E-state index in [9.17, 15) is 9.59 Å². The lowest BCUT2D eigenvalue weighted by Crippen LogP contribution is -2.62. The quantitative estimate of drug-likeness (QED) is 0.523. The van der Waals surface area contributed by atoms with Crippen LogP contribution in [0.15, 0.2) is 54.6 Å². The zero-order chi connectivity index (χ0) is 23.6. The van der Waals surface area contributed by atoms with Crippen LogP contribution in [0.3, 0.4) is 0 Å². The Balaban J connectivity index is 1.75. The van der Waals surface area contributed by atoms with E-state index in [0.29, 0.717) is 18.5 Å². The first kappa shape index (κ1) is 23.0. The van der Waals surface area contributed by atoms with Crippen molar-refractivity contribution in [2.24, 2.45) is 0 Å². The van der Waals surface area contributed by atoms with Crippen LogP contribution < -0.4 is 5.32 Å². The van der Waals surface area contributed by atoms with E-state index in [0.717, 1.165) is 47.0 Å². The Kier molecular flexibility index (Phi) is 6.50. The van der Waals surface area contributed by atoms with Gasteiger partial charge in [-0.15, -0.1) is 0 Å². The van der Waals surface area contributed by atoms with Gasteiger partial charge in [-0.3, -0.25) is 9.59 Å². The summed E-state index contributed by atoms with van der Waals surface area (Å²) in [5, 5.41) is 4.20. The molecule has 1 N–H and O–H groups in total. The summed E-state index contributed by atoms with van der Waals surface area (Å²) in [7, 11) is 0. The van der Waals surface area contributed by atoms with E-state index in [2.05, 4.69) is 10.3 Å². The first-order valence-electron chi connectivity index (χ1n) is 11.9. The Morgan fingerprint density at radius 3 is 2.24 bits per heavy atom. The first-order chi connectivity index (χ1) is 15.8. The largest absolute Gasteiger partial charge is 0.324 e. The van der Waals surface area contributed by atoms with Crippen LogP contribution in [-0.4, -0.2) is 33.3 Å². The molecule has 1 aromatic heterocycles. The molecule has 1 fully saturated rings. The molecule has 0 aliphatic heterocycles. The topological polar surface area (TPSA) is 62.3 Å². The van der Waals surface area contributed by atoms with Crippen molar-refractivity contribution in [3.63, 3.8) is 0 Å². The molecule has 3 aromatic rings. The lowest BCUT2D eigenvalue weighted by molar-refractivity contribution is -0.130. The molecular formula is C28H33N3O2. The third-order valence-corrected chi connectivity index (χ3v) is 6.84. The molecule has 1 saturated carbocycles. The van der Waals surface area contributed by atoms with E-state index < -0.39 is 5.54 Å². The number of hydrogen-bond donors (Lipinski definition) is 1. The van der Waals surface area contributed by atoms with Crippen LogP contribution in [0.2, 0.25) is 0 Å². The number of aryl methyl sites for hydroxylation is 2. The molecule has 5 nitrogen and oxygen atoms in total. The van der Waals surface area contributed by atoms with Crippen molar-refractivity contribution >= 4 is 28.4 Å². The summed E-state index contributed by atoms with van der Waals surface area (Å²) in [6.07, 6.45) is 4.22.